The molecule has 0 rings (SSSR count). The van der Waals surface area contributed by atoms with Crippen LogP contribution in [0.25, 0.3) is 0 Å². The second-order valence-corrected chi connectivity index (χ2v) is 5.96. The van der Waals surface area contributed by atoms with E-state index in [-0.39, 0.29) is 6.10 Å². The van der Waals surface area contributed by atoms with Gasteiger partial charge in [0.2, 0.25) is 0 Å². The molecule has 0 unspecified atom stereocenters. The maximum absolute atomic E-state index is 9.41. The van der Waals surface area contributed by atoms with Crippen molar-refractivity contribution in [2.45, 2.75) is 91.6 Å². The summed E-state index contributed by atoms with van der Waals surface area (Å²) in [5.74, 6) is 1.34. The zero-order valence-corrected chi connectivity index (χ0v) is 12.5. The Morgan fingerprint density at radius 2 is 1.35 bits per heavy atom. The predicted molar refractivity (Wildman–Crippen MR) is 77.2 cm³/mol. The van der Waals surface area contributed by atoms with Crippen LogP contribution in [-0.2, 0) is 0 Å². The highest BCUT2D eigenvalue weighted by Crippen LogP contribution is 2.19. The fourth-order valence-corrected chi connectivity index (χ4v) is 2.27. The van der Waals surface area contributed by atoms with Crippen LogP contribution < -0.4 is 0 Å². The molecule has 0 bridgehead atoms. The molecular formula is C16H34O. The van der Waals surface area contributed by atoms with E-state index in [1.54, 1.807) is 0 Å². The predicted octanol–water partition coefficient (Wildman–Crippen LogP) is 5.17. The number of unbranched alkanes of at least 4 members (excludes halogenated alkanes) is 4. The van der Waals surface area contributed by atoms with Gasteiger partial charge in [0.25, 0.3) is 0 Å². The van der Waals surface area contributed by atoms with Crippen molar-refractivity contribution in [3.8, 4) is 0 Å². The summed E-state index contributed by atoms with van der Waals surface area (Å²) < 4.78 is 0. The van der Waals surface area contributed by atoms with Gasteiger partial charge < -0.3 is 5.11 Å². The summed E-state index contributed by atoms with van der Waals surface area (Å²) in [5, 5.41) is 9.41. The van der Waals surface area contributed by atoms with Gasteiger partial charge >= 0.3 is 0 Å². The molecule has 0 aromatic rings. The Morgan fingerprint density at radius 1 is 0.765 bits per heavy atom. The van der Waals surface area contributed by atoms with Crippen LogP contribution in [0.5, 0.6) is 0 Å². The Labute approximate surface area is 109 Å². The fourth-order valence-electron chi connectivity index (χ4n) is 2.27. The van der Waals surface area contributed by atoms with Gasteiger partial charge in [-0.05, 0) is 25.2 Å². The third kappa shape index (κ3) is 10.8. The first kappa shape index (κ1) is 17.0. The summed E-state index contributed by atoms with van der Waals surface area (Å²) in [6.07, 6.45) is 12.0. The van der Waals surface area contributed by atoms with Gasteiger partial charge in [-0.3, -0.25) is 0 Å². The average molecular weight is 242 g/mol. The van der Waals surface area contributed by atoms with E-state index in [4.69, 9.17) is 0 Å². The van der Waals surface area contributed by atoms with Crippen molar-refractivity contribution >= 4 is 0 Å². The lowest BCUT2D eigenvalue weighted by Crippen LogP contribution is -2.13. The molecule has 0 aromatic carbocycles. The first-order valence-corrected chi connectivity index (χ1v) is 7.76. The van der Waals surface area contributed by atoms with Crippen molar-refractivity contribution in [2.24, 2.45) is 11.8 Å². The van der Waals surface area contributed by atoms with Crippen LogP contribution in [0.15, 0.2) is 0 Å². The molecule has 0 radical (unpaired) electrons. The van der Waals surface area contributed by atoms with Crippen molar-refractivity contribution in [3.63, 3.8) is 0 Å². The van der Waals surface area contributed by atoms with E-state index in [0.717, 1.165) is 5.92 Å². The van der Waals surface area contributed by atoms with E-state index in [1.807, 2.05) is 6.92 Å². The Bertz CT molecular complexity index is 154. The van der Waals surface area contributed by atoms with Gasteiger partial charge in [-0.2, -0.15) is 0 Å². The monoisotopic (exact) mass is 242 g/mol. The Hall–Kier alpha value is -0.0400. The molecule has 104 valence electrons. The summed E-state index contributed by atoms with van der Waals surface area (Å²) in [4.78, 5) is 0. The highest BCUT2D eigenvalue weighted by atomic mass is 16.3. The SMILES string of the molecule is CCCCCCC[C@@H](C)CCC[C@@H](C)[C@@H](C)O. The minimum atomic E-state index is -0.139. The summed E-state index contributed by atoms with van der Waals surface area (Å²) in [6, 6.07) is 0. The molecule has 0 fully saturated rings. The second-order valence-electron chi connectivity index (χ2n) is 5.96. The Balaban J connectivity index is 3.31. The quantitative estimate of drug-likeness (QED) is 0.496. The molecular weight excluding hydrogens is 208 g/mol. The van der Waals surface area contributed by atoms with E-state index >= 15 is 0 Å². The fraction of sp³-hybridized carbons (Fsp3) is 1.00. The normalized spacial score (nSPS) is 16.8. The first-order chi connectivity index (χ1) is 8.07. The summed E-state index contributed by atoms with van der Waals surface area (Å²) in [7, 11) is 0. The van der Waals surface area contributed by atoms with Crippen molar-refractivity contribution in [1.29, 1.82) is 0 Å². The van der Waals surface area contributed by atoms with Gasteiger partial charge in [0.05, 0.1) is 6.10 Å². The molecule has 1 heteroatoms. The lowest BCUT2D eigenvalue weighted by Gasteiger charge is -2.16. The zero-order chi connectivity index (χ0) is 13.1. The molecule has 17 heavy (non-hydrogen) atoms. The number of aliphatic hydroxyl groups excluding tert-OH is 1. The van der Waals surface area contributed by atoms with Crippen LogP contribution in [0.4, 0.5) is 0 Å². The lowest BCUT2D eigenvalue weighted by atomic mass is 9.93. The molecule has 0 saturated carbocycles. The molecule has 1 nitrogen and oxygen atoms in total. The van der Waals surface area contributed by atoms with E-state index in [0.29, 0.717) is 5.92 Å². The lowest BCUT2D eigenvalue weighted by molar-refractivity contribution is 0.127. The summed E-state index contributed by atoms with van der Waals surface area (Å²) >= 11 is 0. The van der Waals surface area contributed by atoms with Crippen molar-refractivity contribution in [3.05, 3.63) is 0 Å². The van der Waals surface area contributed by atoms with Gasteiger partial charge in [-0.15, -0.1) is 0 Å². The maximum atomic E-state index is 9.41. The molecule has 0 aliphatic heterocycles. The molecule has 0 saturated heterocycles. The van der Waals surface area contributed by atoms with Crippen LogP contribution in [0, 0.1) is 11.8 Å². The molecule has 0 amide bonds. The standard InChI is InChI=1S/C16H34O/c1-5-6-7-8-9-11-14(2)12-10-13-15(3)16(4)17/h14-17H,5-13H2,1-4H3/t14-,15-,16-/m1/s1. The highest BCUT2D eigenvalue weighted by molar-refractivity contribution is 4.61. The molecule has 0 spiro atoms. The van der Waals surface area contributed by atoms with Crippen LogP contribution in [0.3, 0.4) is 0 Å². The van der Waals surface area contributed by atoms with E-state index in [2.05, 4.69) is 20.8 Å². The minimum Gasteiger partial charge on any atom is -0.393 e. The van der Waals surface area contributed by atoms with Gasteiger partial charge in [-0.25, -0.2) is 0 Å². The van der Waals surface area contributed by atoms with Crippen molar-refractivity contribution in [2.75, 3.05) is 0 Å². The van der Waals surface area contributed by atoms with Crippen molar-refractivity contribution in [1.82, 2.24) is 0 Å². The average Bonchev–Trinajstić information content (AvgIpc) is 2.28. The summed E-state index contributed by atoms with van der Waals surface area (Å²) in [5.41, 5.74) is 0. The summed E-state index contributed by atoms with van der Waals surface area (Å²) in [6.45, 7) is 8.71. The van der Waals surface area contributed by atoms with E-state index < -0.39 is 0 Å². The van der Waals surface area contributed by atoms with Gasteiger partial charge in [0.1, 0.15) is 0 Å². The van der Waals surface area contributed by atoms with Crippen molar-refractivity contribution < 1.29 is 5.11 Å². The number of rotatable bonds is 11. The van der Waals surface area contributed by atoms with E-state index in [1.165, 1.54) is 57.8 Å². The van der Waals surface area contributed by atoms with Crippen LogP contribution in [0.2, 0.25) is 0 Å². The van der Waals surface area contributed by atoms with Crippen LogP contribution >= 0.6 is 0 Å². The maximum Gasteiger partial charge on any atom is 0.0537 e. The van der Waals surface area contributed by atoms with Gasteiger partial charge in [0.15, 0.2) is 0 Å². The van der Waals surface area contributed by atoms with Gasteiger partial charge in [-0.1, -0.05) is 72.1 Å². The number of hydrogen-bond acceptors (Lipinski definition) is 1. The third-order valence-corrected chi connectivity index (χ3v) is 3.98. The van der Waals surface area contributed by atoms with E-state index in [9.17, 15) is 5.11 Å². The largest absolute Gasteiger partial charge is 0.393 e. The minimum absolute atomic E-state index is 0.139. The third-order valence-electron chi connectivity index (χ3n) is 3.98. The van der Waals surface area contributed by atoms with Crippen LogP contribution in [-0.4, -0.2) is 11.2 Å². The number of aliphatic hydroxyl groups is 1. The molecule has 0 aliphatic carbocycles. The first-order valence-electron chi connectivity index (χ1n) is 7.76. The zero-order valence-electron chi connectivity index (χ0n) is 12.5. The smallest absolute Gasteiger partial charge is 0.0537 e. The molecule has 0 aliphatic rings. The second kappa shape index (κ2) is 11.1. The molecule has 0 heterocycles. The molecule has 0 aromatic heterocycles. The Morgan fingerprint density at radius 3 is 1.94 bits per heavy atom. The topological polar surface area (TPSA) is 20.2 Å². The van der Waals surface area contributed by atoms with Crippen LogP contribution in [0.1, 0.15) is 85.5 Å². The Kier molecular flexibility index (Phi) is 11.0. The molecule has 1 N–H and O–H groups in total. The van der Waals surface area contributed by atoms with Gasteiger partial charge in [0, 0.05) is 0 Å². The molecule has 3 atom stereocenters. The number of hydrogen-bond donors (Lipinski definition) is 1. The highest BCUT2D eigenvalue weighted by Gasteiger charge is 2.09.